The van der Waals surface area contributed by atoms with Crippen LogP contribution < -0.4 is 0 Å². The van der Waals surface area contributed by atoms with Crippen LogP contribution >= 0.6 is 22.2 Å². The van der Waals surface area contributed by atoms with Crippen LogP contribution in [0.25, 0.3) is 0 Å². The molecule has 0 heterocycles. The van der Waals surface area contributed by atoms with E-state index in [-0.39, 0.29) is 0 Å². The fraction of sp³-hybridized carbons (Fsp3) is 1.00. The minimum absolute atomic E-state index is 0.484. The minimum atomic E-state index is -1.67. The maximum Gasteiger partial charge on any atom is 0.252 e. The Balaban J connectivity index is 4.64. The van der Waals surface area contributed by atoms with Crippen molar-refractivity contribution in [2.24, 2.45) is 0 Å². The topological polar surface area (TPSA) is 3.24 Å². The van der Waals surface area contributed by atoms with E-state index in [1.54, 1.807) is 0 Å². The summed E-state index contributed by atoms with van der Waals surface area (Å²) in [7, 11) is -4.40. The van der Waals surface area contributed by atoms with E-state index in [1.807, 2.05) is 0 Å². The molecule has 6 heteroatoms. The van der Waals surface area contributed by atoms with Gasteiger partial charge in [0.05, 0.1) is 0 Å². The van der Waals surface area contributed by atoms with E-state index >= 15 is 0 Å². The van der Waals surface area contributed by atoms with Crippen molar-refractivity contribution in [2.75, 3.05) is 0 Å². The first-order valence-corrected chi connectivity index (χ1v) is 19.6. The molecule has 0 spiro atoms. The highest BCUT2D eigenvalue weighted by atomic mass is 35.7. The number of hydrogen-bond acceptors (Lipinski definition) is 1. The first kappa shape index (κ1) is 22.2. The van der Waals surface area contributed by atoms with E-state index in [9.17, 15) is 0 Å². The molecule has 0 saturated carbocycles. The Labute approximate surface area is 147 Å². The average molecular weight is 387 g/mol. The number of hydrogen-bond donors (Lipinski definition) is 0. The number of unbranched alkanes of at least 4 members (excludes halogenated alkanes) is 5. The molecule has 1 nitrogen and oxygen atoms in total. The van der Waals surface area contributed by atoms with Gasteiger partial charge in [0, 0.05) is 5.67 Å². The Hall–Kier alpha value is 1.19. The van der Waals surface area contributed by atoms with E-state index < -0.39 is 23.9 Å². The maximum absolute atomic E-state index is 6.52. The summed E-state index contributed by atoms with van der Waals surface area (Å²) in [6.45, 7) is 17.0. The number of halogens is 2. The molecule has 21 heavy (non-hydrogen) atoms. The summed E-state index contributed by atoms with van der Waals surface area (Å²) >= 11 is 13.0. The molecule has 1 atom stereocenters. The molecule has 128 valence electrons. The second kappa shape index (κ2) is 10.1. The molecule has 1 unspecified atom stereocenters. The monoisotopic (exact) mass is 385 g/mol. The second-order valence-corrected chi connectivity index (χ2v) is 23.2. The van der Waals surface area contributed by atoms with Crippen LogP contribution in [-0.4, -0.2) is 33.8 Å². The molecule has 0 aliphatic carbocycles. The van der Waals surface area contributed by atoms with Crippen LogP contribution in [0.15, 0.2) is 0 Å². The Kier molecular flexibility index (Phi) is 10.7. The number of nitrogens with zero attached hydrogens (tertiary/aromatic N) is 1. The van der Waals surface area contributed by atoms with Gasteiger partial charge in [-0.25, -0.2) is 0 Å². The van der Waals surface area contributed by atoms with Crippen LogP contribution in [0.1, 0.15) is 51.9 Å². The lowest BCUT2D eigenvalue weighted by atomic mass is 10.1. The minimum Gasteiger partial charge on any atom is -0.344 e. The zero-order valence-electron chi connectivity index (χ0n) is 15.3. The van der Waals surface area contributed by atoms with E-state index in [2.05, 4.69) is 50.4 Å². The molecule has 0 rings (SSSR count). The van der Waals surface area contributed by atoms with Crippen molar-refractivity contribution in [3.05, 3.63) is 0 Å². The zero-order chi connectivity index (χ0) is 16.7. The Bertz CT molecular complexity index is 261. The summed E-state index contributed by atoms with van der Waals surface area (Å²) < 4.78 is 2.84. The van der Waals surface area contributed by atoms with Crippen molar-refractivity contribution in [1.82, 2.24) is 4.23 Å². The summed E-state index contributed by atoms with van der Waals surface area (Å²) in [6.07, 6.45) is 9.30. The average Bonchev–Trinajstić information content (AvgIpc) is 2.28. The van der Waals surface area contributed by atoms with Crippen molar-refractivity contribution in [2.45, 2.75) is 96.8 Å². The fourth-order valence-electron chi connectivity index (χ4n) is 3.50. The zero-order valence-corrected chi connectivity index (χ0v) is 20.0. The molecular formula is C15H37Cl2NSi3. The molecule has 0 aromatic heterocycles. The van der Waals surface area contributed by atoms with Crippen LogP contribution in [0.4, 0.5) is 0 Å². The quantitative estimate of drug-likeness (QED) is 0.228. The standard InChI is InChI=1S/C15H37Cl2NSi3/c1-8-9-10-11-12-13-14-15(19(16)17)18(20(2,3)4)21(5,6)7/h15,19H,8-14H2,1-7H3. The van der Waals surface area contributed by atoms with Crippen molar-refractivity contribution >= 4 is 46.0 Å². The highest BCUT2D eigenvalue weighted by Gasteiger charge is 2.41. The molecular weight excluding hydrogens is 349 g/mol. The number of rotatable bonds is 11. The van der Waals surface area contributed by atoms with E-state index in [0.29, 0.717) is 5.67 Å². The normalized spacial score (nSPS) is 15.0. The highest BCUT2D eigenvalue weighted by molar-refractivity contribution is 7.34. The predicted octanol–water partition coefficient (Wildman–Crippen LogP) is 6.31. The van der Waals surface area contributed by atoms with Gasteiger partial charge in [-0.2, -0.15) is 0 Å². The van der Waals surface area contributed by atoms with Crippen LogP contribution in [0.5, 0.6) is 0 Å². The third kappa shape index (κ3) is 9.16. The van der Waals surface area contributed by atoms with Gasteiger partial charge in [-0.15, -0.1) is 22.2 Å². The molecule has 0 aromatic carbocycles. The molecule has 0 amide bonds. The molecule has 0 saturated heterocycles. The van der Waals surface area contributed by atoms with Crippen LogP contribution in [-0.2, 0) is 0 Å². The van der Waals surface area contributed by atoms with E-state index in [4.69, 9.17) is 22.2 Å². The van der Waals surface area contributed by atoms with Crippen molar-refractivity contribution in [3.63, 3.8) is 0 Å². The molecule has 0 aliphatic rings. The largest absolute Gasteiger partial charge is 0.344 e. The fourth-order valence-corrected chi connectivity index (χ4v) is 20.7. The summed E-state index contributed by atoms with van der Waals surface area (Å²) in [5.74, 6) is 0. The maximum atomic E-state index is 6.52. The van der Waals surface area contributed by atoms with Gasteiger partial charge in [0.2, 0.25) is 0 Å². The van der Waals surface area contributed by atoms with Crippen LogP contribution in [0, 0.1) is 0 Å². The van der Waals surface area contributed by atoms with Crippen LogP contribution in [0.3, 0.4) is 0 Å². The first-order chi connectivity index (χ1) is 9.51. The van der Waals surface area contributed by atoms with Gasteiger partial charge in [0.25, 0.3) is 7.42 Å². The summed E-state index contributed by atoms with van der Waals surface area (Å²) in [5, 5.41) is 0. The van der Waals surface area contributed by atoms with E-state index in [0.717, 1.165) is 0 Å². The SMILES string of the molecule is CCCCCCCCC(N([Si](C)(C)C)[Si](C)(C)C)[SiH](Cl)Cl. The van der Waals surface area contributed by atoms with Crippen molar-refractivity contribution in [1.29, 1.82) is 0 Å². The van der Waals surface area contributed by atoms with Gasteiger partial charge >= 0.3 is 0 Å². The third-order valence-corrected chi connectivity index (χ3v) is 15.1. The van der Waals surface area contributed by atoms with Gasteiger partial charge in [-0.3, -0.25) is 0 Å². The molecule has 0 radical (unpaired) electrons. The van der Waals surface area contributed by atoms with E-state index in [1.165, 1.54) is 44.9 Å². The van der Waals surface area contributed by atoms with Gasteiger partial charge < -0.3 is 4.23 Å². The van der Waals surface area contributed by atoms with Crippen LogP contribution in [0.2, 0.25) is 39.3 Å². The molecule has 0 aromatic rings. The lowest BCUT2D eigenvalue weighted by molar-refractivity contribution is 0.488. The third-order valence-electron chi connectivity index (χ3n) is 3.92. The Morgan fingerprint density at radius 2 is 1.24 bits per heavy atom. The van der Waals surface area contributed by atoms with Crippen molar-refractivity contribution in [3.8, 4) is 0 Å². The first-order valence-electron chi connectivity index (χ1n) is 8.59. The predicted molar refractivity (Wildman–Crippen MR) is 109 cm³/mol. The molecule has 0 aliphatic heterocycles. The van der Waals surface area contributed by atoms with Gasteiger partial charge in [0.1, 0.15) is 16.5 Å². The summed E-state index contributed by atoms with van der Waals surface area (Å²) in [6, 6.07) is 0. The molecule has 0 fully saturated rings. The van der Waals surface area contributed by atoms with Gasteiger partial charge in [-0.1, -0.05) is 84.7 Å². The molecule has 0 bridgehead atoms. The Morgan fingerprint density at radius 3 is 1.62 bits per heavy atom. The smallest absolute Gasteiger partial charge is 0.252 e. The Morgan fingerprint density at radius 1 is 0.810 bits per heavy atom. The van der Waals surface area contributed by atoms with Crippen molar-refractivity contribution < 1.29 is 0 Å². The van der Waals surface area contributed by atoms with Gasteiger partial charge in [-0.05, 0) is 6.42 Å². The van der Waals surface area contributed by atoms with Gasteiger partial charge in [0.15, 0.2) is 0 Å². The lowest BCUT2D eigenvalue weighted by Crippen LogP contribution is -2.65. The lowest BCUT2D eigenvalue weighted by Gasteiger charge is -2.49. The second-order valence-electron chi connectivity index (χ2n) is 8.17. The highest BCUT2D eigenvalue weighted by Crippen LogP contribution is 2.29. The molecule has 0 N–H and O–H groups in total. The summed E-state index contributed by atoms with van der Waals surface area (Å²) in [5.41, 5.74) is 0.484. The summed E-state index contributed by atoms with van der Waals surface area (Å²) in [4.78, 5) is 0.